The normalized spacial score (nSPS) is 15.2. The minimum absolute atomic E-state index is 0.129. The van der Waals surface area contributed by atoms with E-state index in [2.05, 4.69) is 20.8 Å². The maximum atomic E-state index is 12.6. The first-order valence-corrected chi connectivity index (χ1v) is 9.50. The van der Waals surface area contributed by atoms with Crippen molar-refractivity contribution in [1.82, 2.24) is 15.5 Å². The zero-order chi connectivity index (χ0) is 22.9. The largest absolute Gasteiger partial charge is 0.416 e. The lowest BCUT2D eigenvalue weighted by Crippen LogP contribution is -2.45. The number of nitrogens with zero attached hydrogens (tertiary/aromatic N) is 3. The monoisotopic (exact) mass is 441 g/mol. The SMILES string of the molecule is CC1=CNC(=NCCc2ccc(C(F)(F)F)cc2)CN1CC(=O)NCCON=C(N)N. The smallest absolute Gasteiger partial charge is 0.391 e. The summed E-state index contributed by atoms with van der Waals surface area (Å²) in [5, 5.41) is 9.11. The predicted molar refractivity (Wildman–Crippen MR) is 111 cm³/mol. The average molecular weight is 441 g/mol. The molecule has 0 radical (unpaired) electrons. The molecule has 1 heterocycles. The van der Waals surface area contributed by atoms with E-state index in [1.807, 2.05) is 11.8 Å². The van der Waals surface area contributed by atoms with E-state index >= 15 is 0 Å². The minimum atomic E-state index is -4.34. The van der Waals surface area contributed by atoms with E-state index in [1.54, 1.807) is 6.20 Å². The molecule has 31 heavy (non-hydrogen) atoms. The Balaban J connectivity index is 1.79. The molecular weight excluding hydrogens is 415 g/mol. The molecule has 0 spiro atoms. The molecule has 6 N–H and O–H groups in total. The van der Waals surface area contributed by atoms with Gasteiger partial charge in [-0.05, 0) is 36.2 Å². The van der Waals surface area contributed by atoms with E-state index in [9.17, 15) is 18.0 Å². The highest BCUT2D eigenvalue weighted by Gasteiger charge is 2.29. The standard InChI is InChI=1S/C19H26F3N7O2/c1-13-10-27-16(11-29(13)12-17(30)26-8-9-31-28-18(23)24)25-7-6-14-2-4-15(5-3-14)19(20,21)22/h2-5,10H,6-9,11-12H2,1H3,(H,25,27)(H,26,30)(H4,23,24,28). The Morgan fingerprint density at radius 1 is 1.29 bits per heavy atom. The molecule has 0 aromatic heterocycles. The molecule has 12 heteroatoms. The molecule has 1 aromatic rings. The Bertz CT molecular complexity index is 832. The van der Waals surface area contributed by atoms with Gasteiger partial charge >= 0.3 is 6.18 Å². The number of carbonyl (C=O) groups is 1. The van der Waals surface area contributed by atoms with Gasteiger partial charge in [-0.15, -0.1) is 0 Å². The maximum Gasteiger partial charge on any atom is 0.416 e. The fourth-order valence-electron chi connectivity index (χ4n) is 2.67. The van der Waals surface area contributed by atoms with E-state index in [0.717, 1.165) is 23.4 Å². The first-order chi connectivity index (χ1) is 14.6. The van der Waals surface area contributed by atoms with Crippen LogP contribution in [0.1, 0.15) is 18.1 Å². The lowest BCUT2D eigenvalue weighted by Gasteiger charge is -2.29. The molecule has 0 saturated carbocycles. The van der Waals surface area contributed by atoms with Crippen molar-refractivity contribution in [3.05, 3.63) is 47.3 Å². The predicted octanol–water partition coefficient (Wildman–Crippen LogP) is 0.734. The van der Waals surface area contributed by atoms with Crippen molar-refractivity contribution in [1.29, 1.82) is 0 Å². The molecule has 0 fully saturated rings. The number of nitrogens with one attached hydrogen (secondary N) is 2. The number of nitrogens with two attached hydrogens (primary N) is 2. The molecule has 2 rings (SSSR count). The second kappa shape index (κ2) is 11.1. The number of halogens is 3. The number of rotatable bonds is 9. The molecule has 1 aromatic carbocycles. The van der Waals surface area contributed by atoms with Gasteiger partial charge in [0.25, 0.3) is 0 Å². The van der Waals surface area contributed by atoms with Crippen molar-refractivity contribution in [2.45, 2.75) is 19.5 Å². The summed E-state index contributed by atoms with van der Waals surface area (Å²) >= 11 is 0. The molecule has 1 aliphatic rings. The highest BCUT2D eigenvalue weighted by Crippen LogP contribution is 2.29. The zero-order valence-corrected chi connectivity index (χ0v) is 17.1. The summed E-state index contributed by atoms with van der Waals surface area (Å²) in [5.74, 6) is 0.270. The summed E-state index contributed by atoms with van der Waals surface area (Å²) in [7, 11) is 0. The van der Waals surface area contributed by atoms with Crippen LogP contribution in [0.3, 0.4) is 0 Å². The summed E-state index contributed by atoms with van der Waals surface area (Å²) in [6.45, 7) is 3.19. The zero-order valence-electron chi connectivity index (χ0n) is 17.1. The first-order valence-electron chi connectivity index (χ1n) is 9.50. The summed E-state index contributed by atoms with van der Waals surface area (Å²) < 4.78 is 37.8. The number of hydrogen-bond donors (Lipinski definition) is 4. The third-order valence-electron chi connectivity index (χ3n) is 4.29. The van der Waals surface area contributed by atoms with Crippen molar-refractivity contribution < 1.29 is 22.8 Å². The van der Waals surface area contributed by atoms with Gasteiger partial charge in [0.1, 0.15) is 12.4 Å². The van der Waals surface area contributed by atoms with E-state index in [0.29, 0.717) is 25.3 Å². The summed E-state index contributed by atoms with van der Waals surface area (Å²) in [5.41, 5.74) is 11.2. The highest BCUT2D eigenvalue weighted by atomic mass is 19.4. The minimum Gasteiger partial charge on any atom is -0.391 e. The van der Waals surface area contributed by atoms with Gasteiger partial charge in [0.05, 0.1) is 25.2 Å². The Morgan fingerprint density at radius 2 is 2.00 bits per heavy atom. The number of aliphatic imine (C=N–C) groups is 1. The Labute approximate surface area is 178 Å². The number of amidine groups is 1. The van der Waals surface area contributed by atoms with Crippen molar-refractivity contribution in [3.8, 4) is 0 Å². The molecule has 0 saturated heterocycles. The van der Waals surface area contributed by atoms with Crippen LogP contribution < -0.4 is 22.1 Å². The fourth-order valence-corrected chi connectivity index (χ4v) is 2.67. The second-order valence-electron chi connectivity index (χ2n) is 6.76. The summed E-state index contributed by atoms with van der Waals surface area (Å²) in [6, 6.07) is 5.04. The Morgan fingerprint density at radius 3 is 2.65 bits per heavy atom. The van der Waals surface area contributed by atoms with Gasteiger partial charge in [-0.1, -0.05) is 12.1 Å². The van der Waals surface area contributed by atoms with Crippen molar-refractivity contribution in [2.75, 3.05) is 32.8 Å². The number of amides is 1. The van der Waals surface area contributed by atoms with Crippen LogP contribution in [0.5, 0.6) is 0 Å². The van der Waals surface area contributed by atoms with Crippen molar-refractivity contribution in [2.24, 2.45) is 21.6 Å². The number of alkyl halides is 3. The molecule has 0 aliphatic carbocycles. The van der Waals surface area contributed by atoms with E-state index in [-0.39, 0.29) is 31.6 Å². The van der Waals surface area contributed by atoms with Gasteiger partial charge in [0, 0.05) is 18.4 Å². The lowest BCUT2D eigenvalue weighted by molar-refractivity contribution is -0.137. The molecule has 9 nitrogen and oxygen atoms in total. The molecule has 0 bridgehead atoms. The number of allylic oxidation sites excluding steroid dienone is 1. The van der Waals surface area contributed by atoms with Crippen LogP contribution in [0.15, 0.2) is 46.3 Å². The number of guanidine groups is 1. The number of carbonyl (C=O) groups excluding carboxylic acids is 1. The molecule has 1 amide bonds. The van der Waals surface area contributed by atoms with Crippen molar-refractivity contribution >= 4 is 17.7 Å². The topological polar surface area (TPSA) is 130 Å². The van der Waals surface area contributed by atoms with Gasteiger partial charge in [-0.3, -0.25) is 9.79 Å². The van der Waals surface area contributed by atoms with E-state index in [1.165, 1.54) is 12.1 Å². The van der Waals surface area contributed by atoms with Crippen LogP contribution in [0.4, 0.5) is 13.2 Å². The molecule has 1 aliphatic heterocycles. The van der Waals surface area contributed by atoms with Gasteiger partial charge in [0.2, 0.25) is 11.9 Å². The first kappa shape index (κ1) is 23.8. The third-order valence-corrected chi connectivity index (χ3v) is 4.29. The van der Waals surface area contributed by atoms with Gasteiger partial charge in [-0.25, -0.2) is 0 Å². The van der Waals surface area contributed by atoms with Crippen LogP contribution >= 0.6 is 0 Å². The molecule has 0 atom stereocenters. The highest BCUT2D eigenvalue weighted by molar-refractivity contribution is 5.87. The van der Waals surface area contributed by atoms with Crippen LogP contribution in [-0.4, -0.2) is 55.4 Å². The molecule has 170 valence electrons. The Hall–Kier alpha value is -3.44. The van der Waals surface area contributed by atoms with Crippen LogP contribution in [0, 0.1) is 0 Å². The summed E-state index contributed by atoms with van der Waals surface area (Å²) in [6.07, 6.45) is -2.10. The average Bonchev–Trinajstić information content (AvgIpc) is 2.69. The quantitative estimate of drug-likeness (QED) is 0.194. The van der Waals surface area contributed by atoms with Crippen LogP contribution in [0.25, 0.3) is 0 Å². The van der Waals surface area contributed by atoms with E-state index < -0.39 is 11.7 Å². The molecular formula is C19H26F3N7O2. The summed E-state index contributed by atoms with van der Waals surface area (Å²) in [4.78, 5) is 23.2. The van der Waals surface area contributed by atoms with Gasteiger partial charge in [0.15, 0.2) is 0 Å². The van der Waals surface area contributed by atoms with Gasteiger partial charge < -0.3 is 31.8 Å². The number of oxime groups is 1. The lowest BCUT2D eigenvalue weighted by atomic mass is 10.1. The Kier molecular flexibility index (Phi) is 8.53. The second-order valence-corrected chi connectivity index (χ2v) is 6.76. The van der Waals surface area contributed by atoms with Crippen LogP contribution in [-0.2, 0) is 22.2 Å². The van der Waals surface area contributed by atoms with E-state index in [4.69, 9.17) is 16.3 Å². The third kappa shape index (κ3) is 8.44. The number of benzene rings is 1. The van der Waals surface area contributed by atoms with Crippen molar-refractivity contribution in [3.63, 3.8) is 0 Å². The maximum absolute atomic E-state index is 12.6. The molecule has 0 unspecified atom stereocenters. The number of hydrogen-bond acceptors (Lipinski definition) is 5. The fraction of sp³-hybridized carbons (Fsp3) is 0.421. The van der Waals surface area contributed by atoms with Crippen LogP contribution in [0.2, 0.25) is 0 Å². The van der Waals surface area contributed by atoms with Gasteiger partial charge in [-0.2, -0.15) is 13.2 Å².